The Morgan fingerprint density at radius 1 is 1.50 bits per heavy atom. The minimum absolute atomic E-state index is 0. The van der Waals surface area contributed by atoms with Crippen LogP contribution in [0, 0.1) is 0 Å². The third kappa shape index (κ3) is 47.6. The zero-order chi connectivity index (χ0) is 4.71. The molecule has 0 aromatic heterocycles. The second kappa shape index (κ2) is 31.0. The number of aliphatic hydroxyl groups is 2. The van der Waals surface area contributed by atoms with Crippen molar-refractivity contribution >= 4 is 0 Å². The van der Waals surface area contributed by atoms with Crippen molar-refractivity contribution in [3.63, 3.8) is 0 Å². The van der Waals surface area contributed by atoms with Crippen molar-refractivity contribution in [3.05, 3.63) is 0 Å². The van der Waals surface area contributed by atoms with E-state index in [1.807, 2.05) is 0 Å². The van der Waals surface area contributed by atoms with E-state index in [0.717, 1.165) is 7.11 Å². The molecule has 0 bridgehead atoms. The van der Waals surface area contributed by atoms with E-state index in [2.05, 4.69) is 0 Å². The van der Waals surface area contributed by atoms with Gasteiger partial charge in [-0.25, -0.2) is 0 Å². The summed E-state index contributed by atoms with van der Waals surface area (Å²) in [5.74, 6) is 0. The van der Waals surface area contributed by atoms with Gasteiger partial charge in [-0.2, -0.15) is 0 Å². The number of aliphatic hydroxyl groups excluding tert-OH is 2. The monoisotopic (exact) mass is 118 g/mol. The van der Waals surface area contributed by atoms with Crippen LogP contribution in [0.1, 0.15) is 8.35 Å². The van der Waals surface area contributed by atoms with Gasteiger partial charge in [-0.15, -0.1) is 0 Å². The first-order valence-electron chi connectivity index (χ1n) is 1.47. The summed E-state index contributed by atoms with van der Waals surface area (Å²) in [6.45, 7) is 1.93. The third-order valence-corrected chi connectivity index (χ3v) is 0. The van der Waals surface area contributed by atoms with Crippen LogP contribution in [-0.2, 0) is 0 Å². The fraction of sp³-hybridized carbons (Fsp3) is 1.00. The van der Waals surface area contributed by atoms with E-state index < -0.39 is 0 Å². The number of hydrogen-bond acceptors (Lipinski definition) is 2. The summed E-state index contributed by atoms with van der Waals surface area (Å²) in [5.41, 5.74) is 0. The van der Waals surface area contributed by atoms with Crippen molar-refractivity contribution in [1.29, 1.82) is 0 Å². The smallest absolute Gasteiger partial charge is 1.00 e. The zero-order valence-electron chi connectivity index (χ0n) is 5.60. The molecule has 0 aromatic carbocycles. The fourth-order valence-corrected chi connectivity index (χ4v) is 0. The first-order valence-corrected chi connectivity index (χ1v) is 1.47. The Kier molecular flexibility index (Phi) is 80.8. The van der Waals surface area contributed by atoms with Gasteiger partial charge in [-0.05, 0) is 6.92 Å². The molecule has 6 heavy (non-hydrogen) atoms. The van der Waals surface area contributed by atoms with Crippen LogP contribution in [0.15, 0.2) is 0 Å². The molecule has 2 nitrogen and oxygen atoms in total. The summed E-state index contributed by atoms with van der Waals surface area (Å²) in [5, 5.41) is 14.6. The summed E-state index contributed by atoms with van der Waals surface area (Å²) in [6.07, 6.45) is 0. The molecule has 0 radical (unpaired) electrons. The molecule has 0 spiro atoms. The van der Waals surface area contributed by atoms with Crippen LogP contribution < -0.4 is 51.4 Å². The van der Waals surface area contributed by atoms with E-state index in [1.165, 1.54) is 0 Å². The predicted octanol–water partition coefficient (Wildman–Crippen LogP) is -3.28. The van der Waals surface area contributed by atoms with E-state index in [9.17, 15) is 0 Å². The van der Waals surface area contributed by atoms with E-state index in [-0.39, 0.29) is 59.4 Å². The molecule has 0 fully saturated rings. The van der Waals surface area contributed by atoms with Crippen molar-refractivity contribution in [2.75, 3.05) is 13.7 Å². The SMILES string of the molecule is CCO.CO.[H-].[K+]. The van der Waals surface area contributed by atoms with Gasteiger partial charge in [0.05, 0.1) is 0 Å². The fourth-order valence-electron chi connectivity index (χ4n) is 0. The molecule has 0 rings (SSSR count). The van der Waals surface area contributed by atoms with Gasteiger partial charge >= 0.3 is 51.4 Å². The maximum atomic E-state index is 7.57. The molecule has 0 unspecified atom stereocenters. The molecular formula is C3H11KO2. The molecule has 0 aromatic rings. The van der Waals surface area contributed by atoms with Crippen molar-refractivity contribution in [1.82, 2.24) is 0 Å². The van der Waals surface area contributed by atoms with Crippen molar-refractivity contribution in [3.8, 4) is 0 Å². The van der Waals surface area contributed by atoms with Gasteiger partial charge in [0, 0.05) is 13.7 Å². The van der Waals surface area contributed by atoms with Crippen LogP contribution in [0.4, 0.5) is 0 Å². The molecule has 0 heterocycles. The third-order valence-electron chi connectivity index (χ3n) is 0. The van der Waals surface area contributed by atoms with Gasteiger partial charge < -0.3 is 11.6 Å². The van der Waals surface area contributed by atoms with Gasteiger partial charge in [0.25, 0.3) is 0 Å². The quantitative estimate of drug-likeness (QED) is 0.328. The Morgan fingerprint density at radius 3 is 1.50 bits per heavy atom. The van der Waals surface area contributed by atoms with E-state index >= 15 is 0 Å². The first-order chi connectivity index (χ1) is 2.41. The maximum Gasteiger partial charge on any atom is 1.00 e. The molecule has 0 saturated heterocycles. The summed E-state index contributed by atoms with van der Waals surface area (Å²) < 4.78 is 0. The predicted molar refractivity (Wildman–Crippen MR) is 22.0 cm³/mol. The van der Waals surface area contributed by atoms with Crippen LogP contribution in [0.5, 0.6) is 0 Å². The number of rotatable bonds is 0. The average Bonchev–Trinajstić information content (AvgIpc) is 1.46. The van der Waals surface area contributed by atoms with Crippen LogP contribution in [0.25, 0.3) is 0 Å². The molecular weight excluding hydrogens is 107 g/mol. The molecule has 0 saturated carbocycles. The Labute approximate surface area is 82.5 Å². The molecule has 0 aliphatic rings. The molecule has 0 aliphatic carbocycles. The van der Waals surface area contributed by atoms with Crippen molar-refractivity contribution < 1.29 is 63.0 Å². The summed E-state index contributed by atoms with van der Waals surface area (Å²) >= 11 is 0. The van der Waals surface area contributed by atoms with Crippen LogP contribution in [0.2, 0.25) is 0 Å². The summed E-state index contributed by atoms with van der Waals surface area (Å²) in [6, 6.07) is 0. The van der Waals surface area contributed by atoms with Gasteiger partial charge in [-0.1, -0.05) is 0 Å². The zero-order valence-corrected chi connectivity index (χ0v) is 7.72. The Bertz CT molecular complexity index is 12.9. The van der Waals surface area contributed by atoms with E-state index in [4.69, 9.17) is 10.2 Å². The average molecular weight is 118 g/mol. The van der Waals surface area contributed by atoms with Crippen LogP contribution in [0.3, 0.4) is 0 Å². The van der Waals surface area contributed by atoms with Gasteiger partial charge in [0.1, 0.15) is 0 Å². The van der Waals surface area contributed by atoms with E-state index in [1.54, 1.807) is 6.92 Å². The molecule has 0 aliphatic heterocycles. The number of hydrogen-bond donors (Lipinski definition) is 2. The van der Waals surface area contributed by atoms with Gasteiger partial charge in [0.15, 0.2) is 0 Å². The minimum Gasteiger partial charge on any atom is -1.00 e. The van der Waals surface area contributed by atoms with Crippen LogP contribution in [-0.4, -0.2) is 23.9 Å². The van der Waals surface area contributed by atoms with Gasteiger partial charge in [-0.3, -0.25) is 0 Å². The van der Waals surface area contributed by atoms with Gasteiger partial charge in [0.2, 0.25) is 0 Å². The summed E-state index contributed by atoms with van der Waals surface area (Å²) in [7, 11) is 1.00. The second-order valence-corrected chi connectivity index (χ2v) is 0.316. The minimum atomic E-state index is 0. The van der Waals surface area contributed by atoms with Crippen molar-refractivity contribution in [2.45, 2.75) is 6.92 Å². The van der Waals surface area contributed by atoms with Crippen molar-refractivity contribution in [2.24, 2.45) is 0 Å². The molecule has 0 amide bonds. The Hall–Kier alpha value is 1.56. The first kappa shape index (κ1) is 15.6. The molecule has 3 heteroatoms. The van der Waals surface area contributed by atoms with E-state index in [0.29, 0.717) is 0 Å². The Morgan fingerprint density at radius 2 is 1.50 bits per heavy atom. The van der Waals surface area contributed by atoms with Crippen LogP contribution >= 0.6 is 0 Å². The second-order valence-electron chi connectivity index (χ2n) is 0.316. The summed E-state index contributed by atoms with van der Waals surface area (Å²) in [4.78, 5) is 0. The molecule has 36 valence electrons. The largest absolute Gasteiger partial charge is 1.00 e. The maximum absolute atomic E-state index is 7.57. The topological polar surface area (TPSA) is 40.5 Å². The molecule has 2 N–H and O–H groups in total. The Balaban J connectivity index is -0.0000000105. The normalized spacial score (nSPS) is 4.00. The molecule has 0 atom stereocenters. The standard InChI is InChI=1S/C2H6O.CH4O.K.H/c1-2-3;1-2;;/h3H,2H2,1H3;2H,1H3;;/q;;+1;-1.